The molecule has 3 aromatic carbocycles. The van der Waals surface area contributed by atoms with Crippen LogP contribution >= 0.6 is 11.3 Å². The van der Waals surface area contributed by atoms with E-state index in [-0.39, 0.29) is 60.4 Å². The highest BCUT2D eigenvalue weighted by atomic mass is 32.1. The molecule has 2 aromatic heterocycles. The van der Waals surface area contributed by atoms with E-state index in [9.17, 15) is 24.0 Å². The number of nitrogens with zero attached hydrogens (tertiary/aromatic N) is 5. The largest absolute Gasteiger partial charge is 0.489 e. The molecule has 5 aromatic rings. The van der Waals surface area contributed by atoms with Crippen LogP contribution in [0.5, 0.6) is 5.75 Å². The zero-order valence-corrected chi connectivity index (χ0v) is 44.5. The average Bonchev–Trinajstić information content (AvgIpc) is 4.14. The Bertz CT molecular complexity index is 2670. The van der Waals surface area contributed by atoms with Crippen molar-refractivity contribution in [1.82, 2.24) is 40.6 Å². The van der Waals surface area contributed by atoms with E-state index in [0.29, 0.717) is 18.7 Å². The van der Waals surface area contributed by atoms with Crippen LogP contribution < -0.4 is 26.0 Å². The lowest BCUT2D eigenvalue weighted by Crippen LogP contribution is -2.74. The molecule has 1 saturated carbocycles. The molecule has 73 heavy (non-hydrogen) atoms. The summed E-state index contributed by atoms with van der Waals surface area (Å²) in [5.74, 6) is -1.15. The fourth-order valence-corrected chi connectivity index (χ4v) is 11.2. The molecule has 4 N–H and O–H groups in total. The number of unbranched alkanes of at least 4 members (excludes halogenated alkanes) is 2. The first-order chi connectivity index (χ1) is 34.6. The molecular weight excluding hydrogens is 947 g/mol. The van der Waals surface area contributed by atoms with Gasteiger partial charge in [0, 0.05) is 60.3 Å². The molecule has 2 fully saturated rings. The predicted molar refractivity (Wildman–Crippen MR) is 280 cm³/mol. The van der Waals surface area contributed by atoms with Gasteiger partial charge in [0.2, 0.25) is 17.7 Å². The molecule has 0 radical (unpaired) electrons. The number of anilines is 1. The van der Waals surface area contributed by atoms with Crippen molar-refractivity contribution in [1.29, 1.82) is 0 Å². The third-order valence-corrected chi connectivity index (χ3v) is 15.0. The predicted octanol–water partition coefficient (Wildman–Crippen LogP) is 7.85. The van der Waals surface area contributed by atoms with Crippen LogP contribution in [0.2, 0.25) is 0 Å². The van der Waals surface area contributed by atoms with E-state index in [1.165, 1.54) is 11.8 Å². The third kappa shape index (κ3) is 13.1. The molecule has 4 amide bonds. The Morgan fingerprint density at radius 2 is 1.53 bits per heavy atom. The zero-order valence-electron chi connectivity index (χ0n) is 43.7. The molecule has 1 aliphatic carbocycles. The average molecular weight is 1020 g/mol. The summed E-state index contributed by atoms with van der Waals surface area (Å²) in [7, 11) is 0. The lowest BCUT2D eigenvalue weighted by atomic mass is 9.49. The van der Waals surface area contributed by atoms with Gasteiger partial charge in [-0.1, -0.05) is 72.7 Å². The van der Waals surface area contributed by atoms with Crippen molar-refractivity contribution in [3.63, 3.8) is 0 Å². The molecule has 3 heterocycles. The van der Waals surface area contributed by atoms with Crippen LogP contribution in [0.3, 0.4) is 0 Å². The van der Waals surface area contributed by atoms with Crippen LogP contribution in [0.15, 0.2) is 91.0 Å². The Kier molecular flexibility index (Phi) is 17.1. The highest BCUT2D eigenvalue weighted by molar-refractivity contribution is 7.13. The first kappa shape index (κ1) is 54.1. The Morgan fingerprint density at radius 1 is 0.863 bits per heavy atom. The lowest BCUT2D eigenvalue weighted by Gasteiger charge is -2.63. The summed E-state index contributed by atoms with van der Waals surface area (Å²) in [4.78, 5) is 73.8. The third-order valence-electron chi connectivity index (χ3n) is 14.0. The first-order valence-electron chi connectivity index (χ1n) is 25.1. The number of carbonyl (C=O) groups excluding carboxylic acids is 5. The van der Waals surface area contributed by atoms with Gasteiger partial charge < -0.3 is 40.4 Å². The fraction of sp³-hybridized carbons (Fsp3) is 0.491. The Labute approximate surface area is 432 Å². The number of thiazole rings is 1. The van der Waals surface area contributed by atoms with Crippen molar-refractivity contribution in [2.24, 2.45) is 16.2 Å². The van der Waals surface area contributed by atoms with Crippen molar-refractivity contribution < 1.29 is 38.2 Å². The molecule has 7 rings (SSSR count). The van der Waals surface area contributed by atoms with Crippen LogP contribution in [0.4, 0.5) is 5.69 Å². The van der Waals surface area contributed by atoms with Gasteiger partial charge in [-0.3, -0.25) is 28.5 Å². The van der Waals surface area contributed by atoms with Gasteiger partial charge >= 0.3 is 5.97 Å². The molecule has 1 saturated heterocycles. The molecule has 18 heteroatoms. The zero-order chi connectivity index (χ0) is 52.7. The van der Waals surface area contributed by atoms with Gasteiger partial charge in [-0.2, -0.15) is 0 Å². The van der Waals surface area contributed by atoms with E-state index < -0.39 is 41.4 Å². The number of aromatic nitrogens is 4. The van der Waals surface area contributed by atoms with Crippen LogP contribution in [0, 0.1) is 23.2 Å². The second kappa shape index (κ2) is 23.0. The molecule has 1 unspecified atom stereocenters. The Balaban J connectivity index is 0.815. The number of esters is 1. The van der Waals surface area contributed by atoms with E-state index in [2.05, 4.69) is 64.1 Å². The monoisotopic (exact) mass is 1020 g/mol. The number of carbonyl (C=O) groups is 5. The van der Waals surface area contributed by atoms with E-state index in [4.69, 9.17) is 14.2 Å². The normalized spacial score (nSPS) is 19.7. The van der Waals surface area contributed by atoms with E-state index in [0.717, 1.165) is 58.1 Å². The van der Waals surface area contributed by atoms with E-state index in [1.54, 1.807) is 24.0 Å². The summed E-state index contributed by atoms with van der Waals surface area (Å²) in [6, 6.07) is 20.8. The molecule has 0 spiro atoms. The second-order valence-corrected chi connectivity index (χ2v) is 22.3. The summed E-state index contributed by atoms with van der Waals surface area (Å²) < 4.78 is 19.6. The van der Waals surface area contributed by atoms with Gasteiger partial charge in [-0.15, -0.1) is 21.5 Å². The van der Waals surface area contributed by atoms with Crippen LogP contribution in [-0.4, -0.2) is 111 Å². The number of hydrogen-bond acceptors (Lipinski definition) is 13. The first-order valence-corrected chi connectivity index (χ1v) is 25.9. The van der Waals surface area contributed by atoms with Gasteiger partial charge in [0.1, 0.15) is 49.3 Å². The fourth-order valence-electron chi connectivity index (χ4n) is 10.3. The van der Waals surface area contributed by atoms with Gasteiger partial charge in [0.05, 0.1) is 28.7 Å². The number of ether oxygens (including phenoxy) is 3. The molecule has 1 aliphatic heterocycles. The number of likely N-dealkylation sites (tertiary alicyclic amines) is 1. The highest BCUT2D eigenvalue weighted by Crippen LogP contribution is 2.55. The highest BCUT2D eigenvalue weighted by Gasteiger charge is 2.64. The quantitative estimate of drug-likeness (QED) is 0.0410. The summed E-state index contributed by atoms with van der Waals surface area (Å²) in [5, 5.41) is 20.4. The maximum Gasteiger partial charge on any atom is 0.302 e. The van der Waals surface area contributed by atoms with Crippen molar-refractivity contribution in [3.8, 4) is 21.9 Å². The second-order valence-electron chi connectivity index (χ2n) is 21.5. The SMILES string of the molecule is CC(=O)O[C@@H]1CC(C(=O)N[C@@H](C)c2ccc(-c3scnc3C)cc2)N(C(=O)[C@@H](NC(=O)COCCCCCNc2ccc(C(=O)NC3C(C)(C)C(Oc4ccc(-n5cnnc5)cc4)C3(C)C)cc2)C(C)(C)C)C1. The van der Waals surface area contributed by atoms with Crippen molar-refractivity contribution in [3.05, 3.63) is 108 Å². The number of amides is 4. The van der Waals surface area contributed by atoms with Gasteiger partial charge in [-0.25, -0.2) is 4.98 Å². The Hall–Kier alpha value is -6.66. The summed E-state index contributed by atoms with van der Waals surface area (Å²) in [5.41, 5.74) is 5.75. The maximum absolute atomic E-state index is 14.3. The number of hydrogen-bond donors (Lipinski definition) is 4. The molecule has 0 bridgehead atoms. The van der Waals surface area contributed by atoms with Gasteiger partial charge in [0.25, 0.3) is 5.91 Å². The van der Waals surface area contributed by atoms with Gasteiger partial charge in [0.15, 0.2) is 0 Å². The number of nitrogens with one attached hydrogen (secondary N) is 4. The lowest BCUT2D eigenvalue weighted by molar-refractivity contribution is -0.164. The maximum atomic E-state index is 14.3. The van der Waals surface area contributed by atoms with Crippen LogP contribution in [-0.2, 0) is 28.7 Å². The molecule has 2 aliphatic rings. The summed E-state index contributed by atoms with van der Waals surface area (Å²) >= 11 is 1.57. The minimum absolute atomic E-state index is 0.0181. The topological polar surface area (TPSA) is 208 Å². The molecular formula is C55H71N9O8S. The van der Waals surface area contributed by atoms with Crippen molar-refractivity contribution >= 4 is 46.6 Å². The summed E-state index contributed by atoms with van der Waals surface area (Å²) in [6.07, 6.45) is 5.05. The molecule has 17 nitrogen and oxygen atoms in total. The van der Waals surface area contributed by atoms with Crippen molar-refractivity contribution in [2.45, 2.75) is 131 Å². The minimum atomic E-state index is -0.984. The molecule has 4 atom stereocenters. The summed E-state index contributed by atoms with van der Waals surface area (Å²) in [6.45, 7) is 20.0. The van der Waals surface area contributed by atoms with Gasteiger partial charge in [-0.05, 0) is 98.2 Å². The standard InChI is InChI=1S/C55H71N9O8S/c1-34(37-14-16-38(17-15-37)46-35(2)57-33-73-46)60-49(68)44-28-43(71-36(3)65)29-64(44)50(69)47(53(4,5)6)61-45(66)30-70-27-13-11-12-26-56-40-20-18-39(19-21-40)48(67)62-51-54(7,8)52(55(51,9)10)72-42-24-22-41(23-25-42)63-31-58-59-32-63/h14-25,31-34,43-44,47,51-52,56H,11-13,26-30H2,1-10H3,(H,60,68)(H,61,66)(H,62,67)/t34-,43+,44?,47+,51?,52?/m0/s1. The van der Waals surface area contributed by atoms with Crippen molar-refractivity contribution in [2.75, 3.05) is 31.6 Å². The number of benzene rings is 3. The Morgan fingerprint density at radius 3 is 2.15 bits per heavy atom. The number of rotatable bonds is 21. The van der Waals surface area contributed by atoms with Crippen LogP contribution in [0.1, 0.15) is 116 Å². The van der Waals surface area contributed by atoms with E-state index in [1.807, 2.05) is 117 Å². The van der Waals surface area contributed by atoms with Crippen LogP contribution in [0.25, 0.3) is 16.1 Å². The smallest absolute Gasteiger partial charge is 0.302 e. The number of aryl methyl sites for hydroxylation is 1. The minimum Gasteiger partial charge on any atom is -0.489 e. The van der Waals surface area contributed by atoms with E-state index >= 15 is 0 Å². The molecule has 390 valence electrons.